The molecule has 168 valence electrons. The Morgan fingerprint density at radius 1 is 1.19 bits per heavy atom. The van der Waals surface area contributed by atoms with Crippen LogP contribution >= 0.6 is 11.6 Å². The highest BCUT2D eigenvalue weighted by Gasteiger charge is 2.43. The Bertz CT molecular complexity index is 1130. The normalized spacial score (nSPS) is 26.1. The summed E-state index contributed by atoms with van der Waals surface area (Å²) in [7, 11) is 0. The van der Waals surface area contributed by atoms with Gasteiger partial charge in [-0.15, -0.1) is 0 Å². The van der Waals surface area contributed by atoms with Crippen LogP contribution in [0.4, 0.5) is 0 Å². The van der Waals surface area contributed by atoms with Gasteiger partial charge in [0.1, 0.15) is 11.9 Å². The molecule has 0 bridgehead atoms. The molecule has 8 nitrogen and oxygen atoms in total. The van der Waals surface area contributed by atoms with Gasteiger partial charge in [-0.05, 0) is 36.8 Å². The fraction of sp³-hybridized carbons (Fsp3) is 0.478. The predicted molar refractivity (Wildman–Crippen MR) is 117 cm³/mol. The van der Waals surface area contributed by atoms with Gasteiger partial charge >= 0.3 is 0 Å². The number of halogens is 1. The van der Waals surface area contributed by atoms with Gasteiger partial charge in [-0.3, -0.25) is 0 Å². The van der Waals surface area contributed by atoms with Crippen LogP contribution in [0, 0.1) is 5.41 Å². The first-order valence-electron chi connectivity index (χ1n) is 10.8. The monoisotopic (exact) mass is 457 g/mol. The van der Waals surface area contributed by atoms with E-state index < -0.39 is 0 Å². The van der Waals surface area contributed by atoms with Gasteiger partial charge in [0.25, 0.3) is 6.01 Å². The summed E-state index contributed by atoms with van der Waals surface area (Å²) in [4.78, 5) is 12.3. The SMILES string of the molecule is CC1(COc2ccc(-c3nc4nc(OC5COC6CCOC65)[nH]c4cc3Cl)cc2)COC1. The number of imidazole rings is 1. The predicted octanol–water partition coefficient (Wildman–Crippen LogP) is 3.63. The molecule has 1 N–H and O–H groups in total. The van der Waals surface area contributed by atoms with Crippen molar-refractivity contribution in [3.05, 3.63) is 35.4 Å². The van der Waals surface area contributed by atoms with Crippen molar-refractivity contribution in [2.45, 2.75) is 31.7 Å². The molecular weight excluding hydrogens is 434 g/mol. The number of fused-ring (bicyclic) bond motifs is 2. The average molecular weight is 458 g/mol. The molecule has 3 unspecified atom stereocenters. The molecular formula is C23H24ClN3O5. The van der Waals surface area contributed by atoms with E-state index in [1.165, 1.54) is 0 Å². The Kier molecular flexibility index (Phi) is 4.98. The van der Waals surface area contributed by atoms with Crippen molar-refractivity contribution in [2.24, 2.45) is 5.41 Å². The number of rotatable bonds is 6. The van der Waals surface area contributed by atoms with Crippen LogP contribution < -0.4 is 9.47 Å². The van der Waals surface area contributed by atoms with E-state index >= 15 is 0 Å². The second-order valence-corrected chi connectivity index (χ2v) is 9.41. The quantitative estimate of drug-likeness (QED) is 0.604. The molecule has 0 spiro atoms. The minimum absolute atomic E-state index is 0.0459. The summed E-state index contributed by atoms with van der Waals surface area (Å²) >= 11 is 6.54. The molecule has 0 aliphatic carbocycles. The molecule has 32 heavy (non-hydrogen) atoms. The van der Waals surface area contributed by atoms with Gasteiger partial charge in [-0.25, -0.2) is 4.98 Å². The Hall–Kier alpha value is -2.39. The van der Waals surface area contributed by atoms with Crippen LogP contribution in [0.1, 0.15) is 13.3 Å². The maximum atomic E-state index is 6.54. The number of hydrogen-bond donors (Lipinski definition) is 1. The number of ether oxygens (including phenoxy) is 5. The van der Waals surface area contributed by atoms with E-state index in [0.29, 0.717) is 47.7 Å². The second-order valence-electron chi connectivity index (χ2n) is 9.00. The van der Waals surface area contributed by atoms with Gasteiger partial charge in [0.2, 0.25) is 0 Å². The van der Waals surface area contributed by atoms with Crippen LogP contribution in [-0.4, -0.2) is 66.3 Å². The third-order valence-electron chi connectivity index (χ3n) is 6.20. The summed E-state index contributed by atoms with van der Waals surface area (Å²) in [5.41, 5.74) is 2.91. The molecule has 0 radical (unpaired) electrons. The van der Waals surface area contributed by atoms with Crippen molar-refractivity contribution in [1.82, 2.24) is 15.0 Å². The van der Waals surface area contributed by atoms with E-state index in [1.54, 1.807) is 0 Å². The van der Waals surface area contributed by atoms with Crippen LogP contribution in [0.15, 0.2) is 30.3 Å². The molecule has 3 aliphatic heterocycles. The zero-order valence-corrected chi connectivity index (χ0v) is 18.4. The summed E-state index contributed by atoms with van der Waals surface area (Å²) in [5, 5.41) is 0.531. The summed E-state index contributed by atoms with van der Waals surface area (Å²) < 4.78 is 28.7. The fourth-order valence-corrected chi connectivity index (χ4v) is 4.59. The van der Waals surface area contributed by atoms with E-state index in [1.807, 2.05) is 30.3 Å². The first kappa shape index (κ1) is 20.2. The number of pyridine rings is 1. The van der Waals surface area contributed by atoms with Crippen molar-refractivity contribution in [3.63, 3.8) is 0 Å². The lowest BCUT2D eigenvalue weighted by molar-refractivity contribution is -0.120. The van der Waals surface area contributed by atoms with Crippen molar-refractivity contribution in [3.8, 4) is 23.0 Å². The first-order valence-corrected chi connectivity index (χ1v) is 11.2. The molecule has 3 aromatic rings. The van der Waals surface area contributed by atoms with Crippen molar-refractivity contribution >= 4 is 22.8 Å². The Morgan fingerprint density at radius 3 is 2.81 bits per heavy atom. The second kappa shape index (κ2) is 7.88. The van der Waals surface area contributed by atoms with Crippen LogP contribution in [-0.2, 0) is 14.2 Å². The van der Waals surface area contributed by atoms with Gasteiger partial charge < -0.3 is 28.7 Å². The number of nitrogens with one attached hydrogen (secondary N) is 1. The lowest BCUT2D eigenvalue weighted by Gasteiger charge is -2.37. The standard InChI is InChI=1S/C23H24ClN3O5/c1-23(10-28-11-23)12-31-14-4-2-13(3-5-14)19-15(24)8-16-21(26-19)27-22(25-16)32-18-9-30-17-6-7-29-20(17)18/h2-5,8,17-18,20H,6-7,9-12H2,1H3,(H,25,26,27). The Morgan fingerprint density at radius 2 is 2.03 bits per heavy atom. The molecule has 3 fully saturated rings. The molecule has 3 saturated heterocycles. The van der Waals surface area contributed by atoms with E-state index in [9.17, 15) is 0 Å². The van der Waals surface area contributed by atoms with Crippen LogP contribution in [0.2, 0.25) is 5.02 Å². The molecule has 3 atom stereocenters. The number of aromatic nitrogens is 3. The van der Waals surface area contributed by atoms with Gasteiger partial charge in [0, 0.05) is 17.6 Å². The summed E-state index contributed by atoms with van der Waals surface area (Å²) in [6.07, 6.45) is 0.790. The van der Waals surface area contributed by atoms with Crippen molar-refractivity contribution < 1.29 is 23.7 Å². The van der Waals surface area contributed by atoms with Gasteiger partial charge in [-0.1, -0.05) is 18.5 Å². The molecule has 9 heteroatoms. The number of H-pyrrole nitrogens is 1. The maximum absolute atomic E-state index is 6.54. The van der Waals surface area contributed by atoms with E-state index in [2.05, 4.69) is 21.9 Å². The van der Waals surface area contributed by atoms with E-state index in [-0.39, 0.29) is 23.7 Å². The number of hydrogen-bond acceptors (Lipinski definition) is 7. The van der Waals surface area contributed by atoms with Crippen LogP contribution in [0.5, 0.6) is 11.8 Å². The molecule has 3 aliphatic rings. The summed E-state index contributed by atoms with van der Waals surface area (Å²) in [6, 6.07) is 9.97. The van der Waals surface area contributed by atoms with Crippen LogP contribution in [0.25, 0.3) is 22.4 Å². The van der Waals surface area contributed by atoms with Gasteiger partial charge in [0.15, 0.2) is 11.8 Å². The first-order chi connectivity index (χ1) is 15.6. The zero-order chi connectivity index (χ0) is 21.7. The third-order valence-corrected chi connectivity index (χ3v) is 6.49. The highest BCUT2D eigenvalue weighted by molar-refractivity contribution is 6.33. The van der Waals surface area contributed by atoms with Crippen LogP contribution in [0.3, 0.4) is 0 Å². The van der Waals surface area contributed by atoms with Gasteiger partial charge in [0.05, 0.1) is 48.8 Å². The minimum atomic E-state index is -0.181. The van der Waals surface area contributed by atoms with Crippen molar-refractivity contribution in [2.75, 3.05) is 33.0 Å². The van der Waals surface area contributed by atoms with Crippen molar-refractivity contribution in [1.29, 1.82) is 0 Å². The lowest BCUT2D eigenvalue weighted by Crippen LogP contribution is -2.44. The Labute approximate surface area is 190 Å². The number of aromatic amines is 1. The summed E-state index contributed by atoms with van der Waals surface area (Å²) in [5.74, 6) is 0.806. The van der Waals surface area contributed by atoms with E-state index in [4.69, 9.17) is 35.3 Å². The molecule has 6 rings (SSSR count). The summed E-state index contributed by atoms with van der Waals surface area (Å²) in [6.45, 7) is 5.46. The highest BCUT2D eigenvalue weighted by Crippen LogP contribution is 2.33. The molecule has 2 aromatic heterocycles. The largest absolute Gasteiger partial charge is 0.493 e. The lowest BCUT2D eigenvalue weighted by atomic mass is 9.90. The number of benzene rings is 1. The van der Waals surface area contributed by atoms with E-state index in [0.717, 1.165) is 30.9 Å². The Balaban J connectivity index is 1.19. The average Bonchev–Trinajstić information content (AvgIpc) is 3.48. The third kappa shape index (κ3) is 3.71. The minimum Gasteiger partial charge on any atom is -0.493 e. The number of nitrogens with zero attached hydrogens (tertiary/aromatic N) is 2. The van der Waals surface area contributed by atoms with Gasteiger partial charge in [-0.2, -0.15) is 4.98 Å². The molecule has 1 aromatic carbocycles. The smallest absolute Gasteiger partial charge is 0.296 e. The topological polar surface area (TPSA) is 87.7 Å². The molecule has 0 amide bonds. The zero-order valence-electron chi connectivity index (χ0n) is 17.7. The maximum Gasteiger partial charge on any atom is 0.296 e. The fourth-order valence-electron chi connectivity index (χ4n) is 4.33. The molecule has 0 saturated carbocycles. The highest BCUT2D eigenvalue weighted by atomic mass is 35.5. The molecule has 5 heterocycles.